The summed E-state index contributed by atoms with van der Waals surface area (Å²) in [6.07, 6.45) is 0.659. The summed E-state index contributed by atoms with van der Waals surface area (Å²) < 4.78 is 33.9. The lowest BCUT2D eigenvalue weighted by Crippen LogP contribution is -2.42. The molecule has 8 heteroatoms. The van der Waals surface area contributed by atoms with Crippen LogP contribution in [0, 0.1) is 13.8 Å². The zero-order chi connectivity index (χ0) is 27.4. The Morgan fingerprint density at radius 1 is 0.763 bits per heavy atom. The SMILES string of the molecule is COc1cc2c(cc1OC)[C@H](COc1cc(C)cc(C)c1)N(C(=O)c1cc(OC)c(OC)c(OC)c1)CC2. The number of benzene rings is 3. The minimum atomic E-state index is -0.369. The van der Waals surface area contributed by atoms with E-state index in [2.05, 4.69) is 6.07 Å². The first-order valence-electron chi connectivity index (χ1n) is 12.4. The van der Waals surface area contributed by atoms with Crippen LogP contribution in [-0.4, -0.2) is 59.5 Å². The molecule has 0 aliphatic carbocycles. The van der Waals surface area contributed by atoms with Crippen LogP contribution < -0.4 is 28.4 Å². The fourth-order valence-corrected chi connectivity index (χ4v) is 5.01. The van der Waals surface area contributed by atoms with Crippen molar-refractivity contribution in [3.63, 3.8) is 0 Å². The van der Waals surface area contributed by atoms with Crippen LogP contribution in [0.4, 0.5) is 0 Å². The standard InChI is InChI=1S/C30H35NO7/c1-18-10-19(2)12-22(11-18)38-17-24-23-16-26(34-4)25(33-3)13-20(23)8-9-31(24)30(32)21-14-27(35-5)29(37-7)28(15-21)36-6/h10-16,24H,8-9,17H2,1-7H3/t24-/m0/s1. The Kier molecular flexibility index (Phi) is 8.20. The molecule has 38 heavy (non-hydrogen) atoms. The molecule has 1 atom stereocenters. The van der Waals surface area contributed by atoms with Gasteiger partial charge in [-0.2, -0.15) is 0 Å². The van der Waals surface area contributed by atoms with E-state index in [-0.39, 0.29) is 18.6 Å². The summed E-state index contributed by atoms with van der Waals surface area (Å²) >= 11 is 0. The van der Waals surface area contributed by atoms with Crippen LogP contribution in [0.3, 0.4) is 0 Å². The molecule has 8 nitrogen and oxygen atoms in total. The van der Waals surface area contributed by atoms with Gasteiger partial charge in [0.05, 0.1) is 41.6 Å². The number of amides is 1. The topological polar surface area (TPSA) is 75.7 Å². The lowest BCUT2D eigenvalue weighted by Gasteiger charge is -2.38. The number of nitrogens with zero attached hydrogens (tertiary/aromatic N) is 1. The van der Waals surface area contributed by atoms with Crippen molar-refractivity contribution in [2.75, 3.05) is 48.7 Å². The van der Waals surface area contributed by atoms with Crippen molar-refractivity contribution in [1.82, 2.24) is 4.90 Å². The summed E-state index contributed by atoms with van der Waals surface area (Å²) in [6.45, 7) is 4.83. The molecule has 0 bridgehead atoms. The molecular formula is C30H35NO7. The number of rotatable bonds is 9. The molecule has 0 unspecified atom stereocenters. The number of hydrogen-bond acceptors (Lipinski definition) is 7. The smallest absolute Gasteiger partial charge is 0.254 e. The lowest BCUT2D eigenvalue weighted by molar-refractivity contribution is 0.0588. The summed E-state index contributed by atoms with van der Waals surface area (Å²) in [7, 11) is 7.82. The number of fused-ring (bicyclic) bond motifs is 1. The lowest BCUT2D eigenvalue weighted by atomic mass is 9.91. The van der Waals surface area contributed by atoms with Crippen LogP contribution in [-0.2, 0) is 6.42 Å². The third kappa shape index (κ3) is 5.30. The molecule has 1 aliphatic rings. The first kappa shape index (κ1) is 27.0. The van der Waals surface area contributed by atoms with Crippen molar-refractivity contribution in [1.29, 1.82) is 0 Å². The van der Waals surface area contributed by atoms with Gasteiger partial charge in [-0.1, -0.05) is 6.07 Å². The summed E-state index contributed by atoms with van der Waals surface area (Å²) in [6, 6.07) is 13.0. The van der Waals surface area contributed by atoms with E-state index in [4.69, 9.17) is 28.4 Å². The number of hydrogen-bond donors (Lipinski definition) is 0. The molecule has 1 aliphatic heterocycles. The number of carbonyl (C=O) groups is 1. The number of carbonyl (C=O) groups excluding carboxylic acids is 1. The molecule has 1 amide bonds. The molecule has 0 radical (unpaired) electrons. The van der Waals surface area contributed by atoms with Crippen LogP contribution in [0.5, 0.6) is 34.5 Å². The Labute approximate surface area is 224 Å². The number of ether oxygens (including phenoxy) is 6. The van der Waals surface area contributed by atoms with Gasteiger partial charge < -0.3 is 33.3 Å². The fourth-order valence-electron chi connectivity index (χ4n) is 5.01. The largest absolute Gasteiger partial charge is 0.493 e. The Morgan fingerprint density at radius 2 is 1.34 bits per heavy atom. The normalized spacial score (nSPS) is 14.4. The average Bonchev–Trinajstić information content (AvgIpc) is 2.93. The van der Waals surface area contributed by atoms with Gasteiger partial charge in [-0.3, -0.25) is 4.79 Å². The van der Waals surface area contributed by atoms with Crippen molar-refractivity contribution in [3.8, 4) is 34.5 Å². The van der Waals surface area contributed by atoms with Gasteiger partial charge in [0.15, 0.2) is 23.0 Å². The highest BCUT2D eigenvalue weighted by atomic mass is 16.5. The van der Waals surface area contributed by atoms with Gasteiger partial charge >= 0.3 is 0 Å². The van der Waals surface area contributed by atoms with Crippen LogP contribution >= 0.6 is 0 Å². The molecule has 0 spiro atoms. The second-order valence-electron chi connectivity index (χ2n) is 9.22. The molecule has 0 fully saturated rings. The molecule has 0 saturated carbocycles. The maximum atomic E-state index is 14.0. The minimum Gasteiger partial charge on any atom is -0.493 e. The van der Waals surface area contributed by atoms with Crippen molar-refractivity contribution >= 4 is 5.91 Å². The summed E-state index contributed by atoms with van der Waals surface area (Å²) in [5.74, 6) is 3.12. The van der Waals surface area contributed by atoms with Crippen molar-refractivity contribution < 1.29 is 33.2 Å². The molecular weight excluding hydrogens is 486 g/mol. The Balaban J connectivity index is 1.76. The highest BCUT2D eigenvalue weighted by Crippen LogP contribution is 2.41. The highest BCUT2D eigenvalue weighted by molar-refractivity contribution is 5.96. The van der Waals surface area contributed by atoms with Crippen LogP contribution in [0.15, 0.2) is 42.5 Å². The Hall–Kier alpha value is -4.07. The Bertz CT molecular complexity index is 1270. The van der Waals surface area contributed by atoms with Crippen molar-refractivity contribution in [2.45, 2.75) is 26.3 Å². The van der Waals surface area contributed by atoms with E-state index >= 15 is 0 Å². The molecule has 3 aromatic carbocycles. The number of methoxy groups -OCH3 is 5. The predicted octanol–water partition coefficient (Wildman–Crippen LogP) is 5.17. The van der Waals surface area contributed by atoms with Gasteiger partial charge in [-0.05, 0) is 78.9 Å². The fraction of sp³-hybridized carbons (Fsp3) is 0.367. The van der Waals surface area contributed by atoms with Crippen LogP contribution in [0.1, 0.15) is 38.7 Å². The number of aryl methyl sites for hydroxylation is 2. The molecule has 3 aromatic rings. The first-order valence-corrected chi connectivity index (χ1v) is 12.4. The van der Waals surface area contributed by atoms with Gasteiger partial charge in [-0.15, -0.1) is 0 Å². The van der Waals surface area contributed by atoms with Crippen LogP contribution in [0.2, 0.25) is 0 Å². The maximum Gasteiger partial charge on any atom is 0.254 e. The van der Waals surface area contributed by atoms with E-state index in [0.29, 0.717) is 47.3 Å². The average molecular weight is 522 g/mol. The van der Waals surface area contributed by atoms with E-state index in [1.807, 2.05) is 43.0 Å². The van der Waals surface area contributed by atoms with Gasteiger partial charge in [0.25, 0.3) is 5.91 Å². The summed E-state index contributed by atoms with van der Waals surface area (Å²) in [4.78, 5) is 15.8. The summed E-state index contributed by atoms with van der Waals surface area (Å²) in [5.41, 5.74) is 4.70. The van der Waals surface area contributed by atoms with E-state index in [0.717, 1.165) is 28.0 Å². The second kappa shape index (κ2) is 11.5. The third-order valence-corrected chi connectivity index (χ3v) is 6.78. The Morgan fingerprint density at radius 3 is 1.89 bits per heavy atom. The summed E-state index contributed by atoms with van der Waals surface area (Å²) in [5, 5.41) is 0. The van der Waals surface area contributed by atoms with Gasteiger partial charge in [0.1, 0.15) is 12.4 Å². The van der Waals surface area contributed by atoms with Crippen LogP contribution in [0.25, 0.3) is 0 Å². The minimum absolute atomic E-state index is 0.168. The van der Waals surface area contributed by atoms with Gasteiger partial charge in [-0.25, -0.2) is 0 Å². The quantitative estimate of drug-likeness (QED) is 0.385. The zero-order valence-corrected chi connectivity index (χ0v) is 23.0. The zero-order valence-electron chi connectivity index (χ0n) is 23.0. The van der Waals surface area contributed by atoms with Gasteiger partial charge in [0.2, 0.25) is 5.75 Å². The van der Waals surface area contributed by atoms with E-state index in [1.165, 1.54) is 21.3 Å². The third-order valence-electron chi connectivity index (χ3n) is 6.78. The molecule has 0 aromatic heterocycles. The molecule has 4 rings (SSSR count). The molecule has 1 heterocycles. The van der Waals surface area contributed by atoms with E-state index < -0.39 is 0 Å². The highest BCUT2D eigenvalue weighted by Gasteiger charge is 2.34. The molecule has 0 saturated heterocycles. The van der Waals surface area contributed by atoms with Gasteiger partial charge in [0, 0.05) is 12.1 Å². The van der Waals surface area contributed by atoms with Crippen molar-refractivity contribution in [2.24, 2.45) is 0 Å². The molecule has 202 valence electrons. The predicted molar refractivity (Wildman–Crippen MR) is 145 cm³/mol. The first-order chi connectivity index (χ1) is 18.3. The van der Waals surface area contributed by atoms with E-state index in [1.54, 1.807) is 26.4 Å². The second-order valence-corrected chi connectivity index (χ2v) is 9.22. The van der Waals surface area contributed by atoms with Crippen molar-refractivity contribution in [3.05, 3.63) is 70.3 Å². The van der Waals surface area contributed by atoms with E-state index in [9.17, 15) is 4.79 Å². The monoisotopic (exact) mass is 521 g/mol. The maximum absolute atomic E-state index is 14.0. The molecule has 0 N–H and O–H groups in total.